The average molecular weight is 277 g/mol. The highest BCUT2D eigenvalue weighted by Gasteiger charge is 2.04. The van der Waals surface area contributed by atoms with E-state index in [1.54, 1.807) is 7.05 Å². The molecule has 2 N–H and O–H groups in total. The molecule has 1 rings (SSSR count). The molecule has 0 spiro atoms. The van der Waals surface area contributed by atoms with Crippen LogP contribution in [0.15, 0.2) is 24.3 Å². The quantitative estimate of drug-likeness (QED) is 0.764. The fourth-order valence-corrected chi connectivity index (χ4v) is 1.90. The van der Waals surface area contributed by atoms with Gasteiger partial charge in [-0.2, -0.15) is 0 Å². The Kier molecular flexibility index (Phi) is 7.09. The first-order valence-corrected chi connectivity index (χ1v) is 7.24. The molecule has 0 bridgehead atoms. The minimum absolute atomic E-state index is 0.0753. The van der Waals surface area contributed by atoms with Gasteiger partial charge in [0.2, 0.25) is 5.91 Å². The van der Waals surface area contributed by atoms with E-state index < -0.39 is 0 Å². The molecule has 4 heteroatoms. The lowest BCUT2D eigenvalue weighted by Crippen LogP contribution is -2.26. The largest absolute Gasteiger partial charge is 0.374 e. The first-order valence-electron chi connectivity index (χ1n) is 7.24. The molecular formula is C16H27N3O. The highest BCUT2D eigenvalue weighted by molar-refractivity contribution is 5.76. The second-order valence-corrected chi connectivity index (χ2v) is 5.54. The van der Waals surface area contributed by atoms with Gasteiger partial charge in [0.15, 0.2) is 0 Å². The number of nitrogens with one attached hydrogen (secondary N) is 2. The zero-order valence-electron chi connectivity index (χ0n) is 13.1. The fourth-order valence-electron chi connectivity index (χ4n) is 1.90. The minimum atomic E-state index is 0.0753. The number of nitrogens with zero attached hydrogens (tertiary/aromatic N) is 1. The van der Waals surface area contributed by atoms with Crippen molar-refractivity contribution < 1.29 is 4.79 Å². The lowest BCUT2D eigenvalue weighted by molar-refractivity contribution is -0.120. The van der Waals surface area contributed by atoms with E-state index in [1.165, 1.54) is 5.56 Å². The summed E-state index contributed by atoms with van der Waals surface area (Å²) >= 11 is 0. The van der Waals surface area contributed by atoms with Crippen LogP contribution in [0.5, 0.6) is 0 Å². The Bertz CT molecular complexity index is 401. The molecule has 0 atom stereocenters. The Morgan fingerprint density at radius 3 is 2.45 bits per heavy atom. The summed E-state index contributed by atoms with van der Waals surface area (Å²) in [5.41, 5.74) is 2.43. The molecule has 4 nitrogen and oxygen atoms in total. The molecule has 0 aliphatic heterocycles. The summed E-state index contributed by atoms with van der Waals surface area (Å²) in [6.45, 7) is 7.08. The van der Waals surface area contributed by atoms with Gasteiger partial charge in [-0.3, -0.25) is 4.79 Å². The van der Waals surface area contributed by atoms with E-state index in [1.807, 2.05) is 7.05 Å². The fraction of sp³-hybridized carbons (Fsp3) is 0.562. The van der Waals surface area contributed by atoms with Crippen molar-refractivity contribution in [3.8, 4) is 0 Å². The van der Waals surface area contributed by atoms with E-state index in [4.69, 9.17) is 0 Å². The Morgan fingerprint density at radius 2 is 1.90 bits per heavy atom. The molecule has 0 aromatic heterocycles. The molecule has 1 aromatic rings. The topological polar surface area (TPSA) is 44.4 Å². The van der Waals surface area contributed by atoms with Crippen LogP contribution in [0, 0.1) is 5.92 Å². The van der Waals surface area contributed by atoms with Crippen molar-refractivity contribution in [2.24, 2.45) is 5.92 Å². The molecule has 0 fully saturated rings. The molecule has 1 amide bonds. The lowest BCUT2D eigenvalue weighted by Gasteiger charge is -2.19. The number of hydrogen-bond acceptors (Lipinski definition) is 3. The van der Waals surface area contributed by atoms with Crippen molar-refractivity contribution in [2.45, 2.75) is 26.8 Å². The van der Waals surface area contributed by atoms with Crippen molar-refractivity contribution >= 4 is 11.6 Å². The summed E-state index contributed by atoms with van der Waals surface area (Å²) in [5.74, 6) is 0.747. The van der Waals surface area contributed by atoms with Crippen LogP contribution in [0.3, 0.4) is 0 Å². The van der Waals surface area contributed by atoms with Crippen molar-refractivity contribution in [3.63, 3.8) is 0 Å². The Morgan fingerprint density at radius 1 is 1.25 bits per heavy atom. The van der Waals surface area contributed by atoms with Crippen molar-refractivity contribution in [3.05, 3.63) is 29.8 Å². The summed E-state index contributed by atoms with van der Waals surface area (Å²) in [6.07, 6.45) is 0.519. The van der Waals surface area contributed by atoms with Gasteiger partial charge in [-0.05, 0) is 30.2 Å². The second-order valence-electron chi connectivity index (χ2n) is 5.54. The average Bonchev–Trinajstić information content (AvgIpc) is 2.44. The Balaban J connectivity index is 2.42. The van der Waals surface area contributed by atoms with Crippen molar-refractivity contribution in [1.82, 2.24) is 10.6 Å². The standard InChI is InChI=1S/C16H27N3O/c1-13(2)11-18-12-14-5-7-15(8-6-14)19(4)10-9-16(20)17-3/h5-8,13,18H,9-12H2,1-4H3,(H,17,20). The van der Waals surface area contributed by atoms with E-state index in [9.17, 15) is 4.79 Å². The number of anilines is 1. The first-order chi connectivity index (χ1) is 9.52. The summed E-state index contributed by atoms with van der Waals surface area (Å²) in [4.78, 5) is 13.3. The Labute approximate surface area is 122 Å². The van der Waals surface area contributed by atoms with Gasteiger partial charge in [-0.1, -0.05) is 26.0 Å². The number of amides is 1. The summed E-state index contributed by atoms with van der Waals surface area (Å²) in [5, 5.41) is 6.07. The molecule has 0 aliphatic carbocycles. The van der Waals surface area contributed by atoms with Gasteiger partial charge in [-0.25, -0.2) is 0 Å². The van der Waals surface area contributed by atoms with Gasteiger partial charge in [0.05, 0.1) is 0 Å². The highest BCUT2D eigenvalue weighted by atomic mass is 16.1. The summed E-state index contributed by atoms with van der Waals surface area (Å²) < 4.78 is 0. The van der Waals surface area contributed by atoms with E-state index in [-0.39, 0.29) is 5.91 Å². The second kappa shape index (κ2) is 8.59. The first kappa shape index (κ1) is 16.5. The minimum Gasteiger partial charge on any atom is -0.374 e. The third-order valence-corrected chi connectivity index (χ3v) is 3.21. The van der Waals surface area contributed by atoms with Crippen LogP contribution in [0.25, 0.3) is 0 Å². The lowest BCUT2D eigenvalue weighted by atomic mass is 10.1. The van der Waals surface area contributed by atoms with Crippen molar-refractivity contribution in [2.75, 3.05) is 32.1 Å². The number of carbonyl (C=O) groups is 1. The summed E-state index contributed by atoms with van der Waals surface area (Å²) in [7, 11) is 3.68. The third kappa shape index (κ3) is 6.06. The number of rotatable bonds is 8. The predicted octanol–water partition coefficient (Wildman–Crippen LogP) is 2.00. The molecule has 0 aliphatic rings. The monoisotopic (exact) mass is 277 g/mol. The van der Waals surface area contributed by atoms with E-state index >= 15 is 0 Å². The molecule has 112 valence electrons. The normalized spacial score (nSPS) is 10.7. The molecular weight excluding hydrogens is 250 g/mol. The number of benzene rings is 1. The molecule has 0 radical (unpaired) electrons. The van der Waals surface area contributed by atoms with Gasteiger partial charge in [0, 0.05) is 39.3 Å². The number of hydrogen-bond donors (Lipinski definition) is 2. The van der Waals surface area contributed by atoms with Crippen LogP contribution in [0.4, 0.5) is 5.69 Å². The number of carbonyl (C=O) groups excluding carboxylic acids is 1. The zero-order valence-corrected chi connectivity index (χ0v) is 13.1. The van der Waals surface area contributed by atoms with Gasteiger partial charge >= 0.3 is 0 Å². The van der Waals surface area contributed by atoms with Crippen LogP contribution in [0.1, 0.15) is 25.8 Å². The maximum absolute atomic E-state index is 11.2. The maximum atomic E-state index is 11.2. The molecule has 20 heavy (non-hydrogen) atoms. The smallest absolute Gasteiger partial charge is 0.221 e. The van der Waals surface area contributed by atoms with Crippen LogP contribution in [-0.2, 0) is 11.3 Å². The van der Waals surface area contributed by atoms with Gasteiger partial charge in [-0.15, -0.1) is 0 Å². The molecule has 1 aromatic carbocycles. The van der Waals surface area contributed by atoms with E-state index in [0.717, 1.165) is 25.3 Å². The van der Waals surface area contributed by atoms with Crippen LogP contribution < -0.4 is 15.5 Å². The molecule has 0 heterocycles. The predicted molar refractivity (Wildman–Crippen MR) is 84.9 cm³/mol. The van der Waals surface area contributed by atoms with Crippen LogP contribution >= 0.6 is 0 Å². The third-order valence-electron chi connectivity index (χ3n) is 3.21. The maximum Gasteiger partial charge on any atom is 0.221 e. The SMILES string of the molecule is CNC(=O)CCN(C)c1ccc(CNCC(C)C)cc1. The summed E-state index contributed by atoms with van der Waals surface area (Å²) in [6, 6.07) is 8.49. The molecule has 0 saturated heterocycles. The highest BCUT2D eigenvalue weighted by Crippen LogP contribution is 2.14. The van der Waals surface area contributed by atoms with Gasteiger partial charge < -0.3 is 15.5 Å². The van der Waals surface area contributed by atoms with Crippen LogP contribution in [-0.4, -0.2) is 33.1 Å². The van der Waals surface area contributed by atoms with Gasteiger partial charge in [0.1, 0.15) is 0 Å². The van der Waals surface area contributed by atoms with E-state index in [2.05, 4.69) is 53.6 Å². The molecule has 0 saturated carbocycles. The zero-order chi connectivity index (χ0) is 15.0. The van der Waals surface area contributed by atoms with E-state index in [0.29, 0.717) is 12.3 Å². The Hall–Kier alpha value is -1.55. The van der Waals surface area contributed by atoms with Gasteiger partial charge in [0.25, 0.3) is 0 Å². The van der Waals surface area contributed by atoms with Crippen molar-refractivity contribution in [1.29, 1.82) is 0 Å². The molecule has 0 unspecified atom stereocenters. The van der Waals surface area contributed by atoms with Crippen LogP contribution in [0.2, 0.25) is 0 Å².